The van der Waals surface area contributed by atoms with E-state index < -0.39 is 0 Å². The lowest BCUT2D eigenvalue weighted by molar-refractivity contribution is -0.116. The molecule has 0 saturated heterocycles. The lowest BCUT2D eigenvalue weighted by Crippen LogP contribution is -2.18. The first kappa shape index (κ1) is 11.5. The minimum absolute atomic E-state index is 0.0757. The molecule has 1 N–H and O–H groups in total. The summed E-state index contributed by atoms with van der Waals surface area (Å²) in [4.78, 5) is 11.3. The van der Waals surface area contributed by atoms with Crippen LogP contribution in [0.5, 0.6) is 0 Å². The average Bonchev–Trinajstić information content (AvgIpc) is 2.46. The highest BCUT2D eigenvalue weighted by molar-refractivity contribution is 5.94. The summed E-state index contributed by atoms with van der Waals surface area (Å²) < 4.78 is 0. The molecule has 0 aromatic heterocycles. The van der Waals surface area contributed by atoms with Crippen LogP contribution in [0.1, 0.15) is 17.5 Å². The Bertz CT molecular complexity index is 698. The zero-order valence-electron chi connectivity index (χ0n) is 10.3. The van der Waals surface area contributed by atoms with Crippen molar-refractivity contribution in [3.63, 3.8) is 0 Å². The number of nitrogens with one attached hydrogen (secondary N) is 1. The first-order chi connectivity index (χ1) is 9.26. The second-order valence-corrected chi connectivity index (χ2v) is 4.61. The van der Waals surface area contributed by atoms with Crippen molar-refractivity contribution in [1.29, 1.82) is 5.26 Å². The van der Waals surface area contributed by atoms with Crippen LogP contribution in [-0.2, 0) is 11.2 Å². The number of nitriles is 1. The van der Waals surface area contributed by atoms with Gasteiger partial charge in [0.1, 0.15) is 0 Å². The van der Waals surface area contributed by atoms with Crippen LogP contribution in [0.25, 0.3) is 11.1 Å². The monoisotopic (exact) mass is 248 g/mol. The van der Waals surface area contributed by atoms with Gasteiger partial charge in [0.15, 0.2) is 0 Å². The molecule has 1 aliphatic heterocycles. The third-order valence-electron chi connectivity index (χ3n) is 3.33. The van der Waals surface area contributed by atoms with Gasteiger partial charge < -0.3 is 5.32 Å². The van der Waals surface area contributed by atoms with E-state index in [1.165, 1.54) is 0 Å². The number of anilines is 1. The number of benzene rings is 2. The molecule has 19 heavy (non-hydrogen) atoms. The minimum atomic E-state index is 0.0757. The van der Waals surface area contributed by atoms with Crippen LogP contribution in [0.2, 0.25) is 0 Å². The van der Waals surface area contributed by atoms with Gasteiger partial charge in [0, 0.05) is 12.1 Å². The number of hydrogen-bond acceptors (Lipinski definition) is 2. The summed E-state index contributed by atoms with van der Waals surface area (Å²) in [7, 11) is 0. The van der Waals surface area contributed by atoms with E-state index in [1.54, 1.807) is 6.07 Å². The van der Waals surface area contributed by atoms with Crippen molar-refractivity contribution in [1.82, 2.24) is 0 Å². The van der Waals surface area contributed by atoms with Gasteiger partial charge in [-0.25, -0.2) is 0 Å². The maximum atomic E-state index is 11.3. The van der Waals surface area contributed by atoms with Crippen molar-refractivity contribution < 1.29 is 4.79 Å². The fourth-order valence-electron chi connectivity index (χ4n) is 2.33. The number of amides is 1. The molecule has 1 heterocycles. The highest BCUT2D eigenvalue weighted by atomic mass is 16.1. The highest BCUT2D eigenvalue weighted by Crippen LogP contribution is 2.28. The van der Waals surface area contributed by atoms with Crippen molar-refractivity contribution in [3.05, 3.63) is 53.6 Å². The minimum Gasteiger partial charge on any atom is -0.326 e. The molecule has 2 aromatic rings. The Morgan fingerprint density at radius 2 is 1.89 bits per heavy atom. The molecule has 0 bridgehead atoms. The Balaban J connectivity index is 2.02. The van der Waals surface area contributed by atoms with E-state index >= 15 is 0 Å². The zero-order valence-corrected chi connectivity index (χ0v) is 10.3. The molecule has 1 amide bonds. The number of rotatable bonds is 1. The fraction of sp³-hybridized carbons (Fsp3) is 0.125. The van der Waals surface area contributed by atoms with Crippen molar-refractivity contribution in [2.45, 2.75) is 12.8 Å². The van der Waals surface area contributed by atoms with Crippen LogP contribution < -0.4 is 5.32 Å². The van der Waals surface area contributed by atoms with Gasteiger partial charge in [-0.2, -0.15) is 5.26 Å². The second-order valence-electron chi connectivity index (χ2n) is 4.61. The van der Waals surface area contributed by atoms with Gasteiger partial charge in [-0.3, -0.25) is 4.79 Å². The molecule has 3 rings (SSSR count). The molecule has 3 heteroatoms. The molecule has 0 radical (unpaired) electrons. The Kier molecular flexibility index (Phi) is 2.77. The maximum Gasteiger partial charge on any atom is 0.224 e. The quantitative estimate of drug-likeness (QED) is 0.843. The van der Waals surface area contributed by atoms with Gasteiger partial charge >= 0.3 is 0 Å². The summed E-state index contributed by atoms with van der Waals surface area (Å²) in [5.74, 6) is 0.0757. The average molecular weight is 248 g/mol. The van der Waals surface area contributed by atoms with Gasteiger partial charge in [-0.1, -0.05) is 18.2 Å². The van der Waals surface area contributed by atoms with Crippen LogP contribution >= 0.6 is 0 Å². The third-order valence-corrected chi connectivity index (χ3v) is 3.33. The van der Waals surface area contributed by atoms with Crippen molar-refractivity contribution >= 4 is 11.6 Å². The van der Waals surface area contributed by atoms with Gasteiger partial charge in [0.25, 0.3) is 0 Å². The zero-order chi connectivity index (χ0) is 13.2. The molecule has 0 saturated carbocycles. The molecular formula is C16H12N2O. The molecule has 0 aliphatic carbocycles. The van der Waals surface area contributed by atoms with E-state index in [0.29, 0.717) is 12.0 Å². The van der Waals surface area contributed by atoms with Gasteiger partial charge in [-0.05, 0) is 47.4 Å². The predicted molar refractivity (Wildman–Crippen MR) is 73.5 cm³/mol. The van der Waals surface area contributed by atoms with Crippen LogP contribution in [-0.4, -0.2) is 5.91 Å². The molecule has 3 nitrogen and oxygen atoms in total. The molecule has 0 atom stereocenters. The van der Waals surface area contributed by atoms with Gasteiger partial charge in [0.2, 0.25) is 5.91 Å². The van der Waals surface area contributed by atoms with Gasteiger partial charge in [-0.15, -0.1) is 0 Å². The Morgan fingerprint density at radius 1 is 1.05 bits per heavy atom. The predicted octanol–water partition coefficient (Wildman–Crippen LogP) is 3.11. The summed E-state index contributed by atoms with van der Waals surface area (Å²) in [6.45, 7) is 0. The van der Waals surface area contributed by atoms with E-state index in [9.17, 15) is 4.79 Å². The number of aryl methyl sites for hydroxylation is 1. The fourth-order valence-corrected chi connectivity index (χ4v) is 2.33. The normalized spacial score (nSPS) is 13.3. The third kappa shape index (κ3) is 2.21. The number of hydrogen-bond donors (Lipinski definition) is 1. The molecular weight excluding hydrogens is 236 g/mol. The molecule has 1 aliphatic rings. The summed E-state index contributed by atoms with van der Waals surface area (Å²) in [5, 5.41) is 11.8. The Labute approximate surface area is 111 Å². The number of carbonyl (C=O) groups is 1. The van der Waals surface area contributed by atoms with Crippen molar-refractivity contribution in [2.75, 3.05) is 5.32 Å². The first-order valence-electron chi connectivity index (χ1n) is 6.19. The second kappa shape index (κ2) is 4.58. The van der Waals surface area contributed by atoms with E-state index in [0.717, 1.165) is 28.8 Å². The lowest BCUT2D eigenvalue weighted by Gasteiger charge is -2.17. The van der Waals surface area contributed by atoms with Crippen molar-refractivity contribution in [3.8, 4) is 17.2 Å². The smallest absolute Gasteiger partial charge is 0.224 e. The van der Waals surface area contributed by atoms with Crippen LogP contribution in [0, 0.1) is 11.3 Å². The molecule has 92 valence electrons. The van der Waals surface area contributed by atoms with Gasteiger partial charge in [0.05, 0.1) is 11.6 Å². The Morgan fingerprint density at radius 3 is 2.74 bits per heavy atom. The van der Waals surface area contributed by atoms with E-state index in [2.05, 4.69) is 17.5 Å². The molecule has 2 aromatic carbocycles. The van der Waals surface area contributed by atoms with E-state index in [4.69, 9.17) is 5.26 Å². The summed E-state index contributed by atoms with van der Waals surface area (Å²) >= 11 is 0. The molecule has 0 spiro atoms. The lowest BCUT2D eigenvalue weighted by atomic mass is 9.96. The van der Waals surface area contributed by atoms with E-state index in [-0.39, 0.29) is 5.91 Å². The summed E-state index contributed by atoms with van der Waals surface area (Å²) in [6, 6.07) is 15.7. The number of nitrogens with zero attached hydrogens (tertiary/aromatic N) is 1. The van der Waals surface area contributed by atoms with E-state index in [1.807, 2.05) is 30.3 Å². The van der Waals surface area contributed by atoms with Crippen LogP contribution in [0.3, 0.4) is 0 Å². The van der Waals surface area contributed by atoms with Crippen LogP contribution in [0.15, 0.2) is 42.5 Å². The first-order valence-corrected chi connectivity index (χ1v) is 6.19. The molecule has 0 fully saturated rings. The topological polar surface area (TPSA) is 52.9 Å². The molecule has 0 unspecified atom stereocenters. The summed E-state index contributed by atoms with van der Waals surface area (Å²) in [5.41, 5.74) is 4.81. The maximum absolute atomic E-state index is 11.3. The van der Waals surface area contributed by atoms with Crippen molar-refractivity contribution in [2.24, 2.45) is 0 Å². The standard InChI is InChI=1S/C16H12N2O/c17-10-11-2-1-3-12(8-11)13-4-6-15-14(9-13)5-7-16(19)18-15/h1-4,6,8-9H,5,7H2,(H,18,19). The Hall–Kier alpha value is -2.60. The number of fused-ring (bicyclic) bond motifs is 1. The number of carbonyl (C=O) groups excluding carboxylic acids is 1. The SMILES string of the molecule is N#Cc1cccc(-c2ccc3c(c2)CCC(=O)N3)c1. The summed E-state index contributed by atoms with van der Waals surface area (Å²) in [6.07, 6.45) is 1.31. The van der Waals surface area contributed by atoms with Crippen LogP contribution in [0.4, 0.5) is 5.69 Å². The highest BCUT2D eigenvalue weighted by Gasteiger charge is 2.15. The largest absolute Gasteiger partial charge is 0.326 e.